The van der Waals surface area contributed by atoms with E-state index in [2.05, 4.69) is 22.5 Å². The number of hydrogen-bond donors (Lipinski definition) is 4. The van der Waals surface area contributed by atoms with Crippen molar-refractivity contribution in [1.29, 1.82) is 0 Å². The molecule has 38 heavy (non-hydrogen) atoms. The molecule has 9 heteroatoms. The van der Waals surface area contributed by atoms with Crippen molar-refractivity contribution in [1.82, 2.24) is 21.0 Å². The van der Waals surface area contributed by atoms with Gasteiger partial charge in [-0.15, -0.1) is 0 Å². The fraction of sp³-hybridized carbons (Fsp3) is 0.207. The van der Waals surface area contributed by atoms with Crippen LogP contribution in [0.1, 0.15) is 32.6 Å². The zero-order chi connectivity index (χ0) is 27.5. The van der Waals surface area contributed by atoms with Crippen molar-refractivity contribution in [3.63, 3.8) is 0 Å². The summed E-state index contributed by atoms with van der Waals surface area (Å²) < 4.78 is 13.0. The van der Waals surface area contributed by atoms with E-state index in [1.54, 1.807) is 36.4 Å². The van der Waals surface area contributed by atoms with Gasteiger partial charge in [0.25, 0.3) is 17.7 Å². The molecule has 0 aromatic heterocycles. The monoisotopic (exact) mass is 516 g/mol. The van der Waals surface area contributed by atoms with Gasteiger partial charge in [0.1, 0.15) is 5.82 Å². The summed E-state index contributed by atoms with van der Waals surface area (Å²) in [4.78, 5) is 37.6. The van der Waals surface area contributed by atoms with Crippen LogP contribution in [0.25, 0.3) is 0 Å². The van der Waals surface area contributed by atoms with Gasteiger partial charge in [0.2, 0.25) is 0 Å². The Balaban J connectivity index is 1.54. The third-order valence-electron chi connectivity index (χ3n) is 5.83. The van der Waals surface area contributed by atoms with Crippen LogP contribution in [-0.4, -0.2) is 54.5 Å². The zero-order valence-electron chi connectivity index (χ0n) is 21.1. The lowest BCUT2D eigenvalue weighted by Gasteiger charge is -2.25. The molecule has 0 spiro atoms. The number of carbonyl (C=O) groups is 3. The summed E-state index contributed by atoms with van der Waals surface area (Å²) >= 11 is 0. The molecular formula is C29H29FN4O4. The number of amides is 3. The van der Waals surface area contributed by atoms with Crippen LogP contribution in [0.4, 0.5) is 4.39 Å². The lowest BCUT2D eigenvalue weighted by Crippen LogP contribution is -2.54. The molecule has 196 valence electrons. The smallest absolute Gasteiger partial charge is 0.275 e. The van der Waals surface area contributed by atoms with Gasteiger partial charge >= 0.3 is 0 Å². The Labute approximate surface area is 220 Å². The Morgan fingerprint density at radius 1 is 0.868 bits per heavy atom. The number of rotatable bonds is 9. The number of nitrogens with one attached hydrogen (secondary N) is 3. The summed E-state index contributed by atoms with van der Waals surface area (Å²) in [5.41, 5.74) is 5.39. The van der Waals surface area contributed by atoms with E-state index in [-0.39, 0.29) is 11.4 Å². The van der Waals surface area contributed by atoms with Crippen molar-refractivity contribution in [2.75, 3.05) is 20.6 Å². The van der Waals surface area contributed by atoms with E-state index in [1.165, 1.54) is 31.7 Å². The van der Waals surface area contributed by atoms with E-state index in [4.69, 9.17) is 5.21 Å². The normalized spacial score (nSPS) is 11.1. The molecule has 3 aromatic carbocycles. The number of nitrogens with zero attached hydrogens (tertiary/aromatic N) is 1. The predicted molar refractivity (Wildman–Crippen MR) is 141 cm³/mol. The Kier molecular flexibility index (Phi) is 10.1. The summed E-state index contributed by atoms with van der Waals surface area (Å²) in [6, 6.07) is 19.3. The molecule has 0 aliphatic carbocycles. The van der Waals surface area contributed by atoms with Crippen LogP contribution in [0, 0.1) is 17.7 Å². The minimum Gasteiger partial charge on any atom is -0.357 e. The maximum absolute atomic E-state index is 13.0. The Hall–Kier alpha value is -4.52. The molecule has 0 saturated heterocycles. The van der Waals surface area contributed by atoms with Crippen LogP contribution in [0.2, 0.25) is 0 Å². The summed E-state index contributed by atoms with van der Waals surface area (Å²) in [5, 5.41) is 14.6. The maximum atomic E-state index is 13.0. The molecule has 3 rings (SSSR count). The zero-order valence-corrected chi connectivity index (χ0v) is 21.1. The highest BCUT2D eigenvalue weighted by atomic mass is 19.1. The molecule has 0 aliphatic heterocycles. The average Bonchev–Trinajstić information content (AvgIpc) is 2.95. The number of likely N-dealkylation sites (N-methyl/N-ethyl adjacent to an activating group) is 2. The van der Waals surface area contributed by atoms with E-state index in [0.29, 0.717) is 12.1 Å². The molecule has 0 fully saturated rings. The van der Waals surface area contributed by atoms with Crippen LogP contribution in [0.3, 0.4) is 0 Å². The van der Waals surface area contributed by atoms with Gasteiger partial charge in [0.05, 0.1) is 0 Å². The largest absolute Gasteiger partial charge is 0.357 e. The van der Waals surface area contributed by atoms with E-state index in [0.717, 1.165) is 34.6 Å². The van der Waals surface area contributed by atoms with Gasteiger partial charge in [-0.25, -0.2) is 9.87 Å². The number of benzene rings is 3. The van der Waals surface area contributed by atoms with Gasteiger partial charge in [-0.05, 0) is 72.6 Å². The van der Waals surface area contributed by atoms with Crippen LogP contribution in [0.15, 0.2) is 72.8 Å². The summed E-state index contributed by atoms with van der Waals surface area (Å²) in [5.74, 6) is 3.58. The highest BCUT2D eigenvalue weighted by molar-refractivity contribution is 6.08. The molecule has 1 atom stereocenters. The topological polar surface area (TPSA) is 111 Å². The third kappa shape index (κ3) is 7.74. The third-order valence-corrected chi connectivity index (χ3v) is 5.83. The molecule has 0 heterocycles. The van der Waals surface area contributed by atoms with Crippen molar-refractivity contribution < 1.29 is 24.0 Å². The molecule has 8 nitrogen and oxygen atoms in total. The van der Waals surface area contributed by atoms with Crippen molar-refractivity contribution in [3.8, 4) is 11.8 Å². The number of halogens is 1. The Morgan fingerprint density at radius 3 is 1.97 bits per heavy atom. The molecular weight excluding hydrogens is 487 g/mol. The fourth-order valence-electron chi connectivity index (χ4n) is 3.65. The van der Waals surface area contributed by atoms with Crippen LogP contribution in [0.5, 0.6) is 0 Å². The summed E-state index contributed by atoms with van der Waals surface area (Å²) in [6.45, 7) is 1.49. The Morgan fingerprint density at radius 2 is 1.42 bits per heavy atom. The van der Waals surface area contributed by atoms with E-state index in [9.17, 15) is 18.8 Å². The van der Waals surface area contributed by atoms with Gasteiger partial charge in [-0.1, -0.05) is 36.1 Å². The average molecular weight is 517 g/mol. The van der Waals surface area contributed by atoms with Crippen molar-refractivity contribution >= 4 is 17.7 Å². The first kappa shape index (κ1) is 28.1. The quantitative estimate of drug-likeness (QED) is 0.115. The number of carbonyl (C=O) groups excluding carboxylic acids is 3. The van der Waals surface area contributed by atoms with Gasteiger partial charge in [-0.2, -0.15) is 0 Å². The van der Waals surface area contributed by atoms with E-state index < -0.39 is 23.8 Å². The van der Waals surface area contributed by atoms with Crippen molar-refractivity contribution in [2.45, 2.75) is 19.0 Å². The maximum Gasteiger partial charge on any atom is 0.275 e. The van der Waals surface area contributed by atoms with Gasteiger partial charge in [0.15, 0.2) is 6.04 Å². The highest BCUT2D eigenvalue weighted by Crippen LogP contribution is 2.10. The minimum absolute atomic E-state index is 0.232. The molecule has 0 aliphatic rings. The first-order valence-electron chi connectivity index (χ1n) is 11.9. The van der Waals surface area contributed by atoms with Crippen molar-refractivity contribution in [2.24, 2.45) is 0 Å². The first-order chi connectivity index (χ1) is 18.3. The number of hydrogen-bond acceptors (Lipinski definition) is 5. The molecule has 0 radical (unpaired) electrons. The van der Waals surface area contributed by atoms with Gasteiger partial charge in [0, 0.05) is 37.3 Å². The van der Waals surface area contributed by atoms with Crippen LogP contribution < -0.4 is 16.1 Å². The van der Waals surface area contributed by atoms with Crippen LogP contribution in [-0.2, 0) is 22.6 Å². The fourth-order valence-corrected chi connectivity index (χ4v) is 3.65. The molecule has 3 amide bonds. The molecule has 1 unspecified atom stereocenters. The molecule has 0 saturated carbocycles. The second kappa shape index (κ2) is 13.7. The van der Waals surface area contributed by atoms with Crippen LogP contribution >= 0.6 is 0 Å². The standard InChI is InChI=1S/C29H29FN4O4/c1-31-27(35)26(28(36)33-38)34(2)29(37)24-13-9-21(10-14-24)4-3-20-5-7-23(8-6-20)19-32-18-17-22-11-15-25(30)16-12-22/h5-16,26,32,38H,17-19H2,1-2H3,(H,31,35)(H,33,36). The van der Waals surface area contributed by atoms with Gasteiger partial charge < -0.3 is 15.5 Å². The summed E-state index contributed by atoms with van der Waals surface area (Å²) in [7, 11) is 2.63. The van der Waals surface area contributed by atoms with Gasteiger partial charge in [-0.3, -0.25) is 19.6 Å². The second-order valence-electron chi connectivity index (χ2n) is 8.49. The lowest BCUT2D eigenvalue weighted by molar-refractivity contribution is -0.140. The second-order valence-corrected chi connectivity index (χ2v) is 8.49. The van der Waals surface area contributed by atoms with E-state index in [1.807, 2.05) is 24.3 Å². The number of hydroxylamine groups is 1. The molecule has 4 N–H and O–H groups in total. The minimum atomic E-state index is -1.52. The Bertz CT molecular complexity index is 1300. The predicted octanol–water partition coefficient (Wildman–Crippen LogP) is 2.25. The van der Waals surface area contributed by atoms with Crippen molar-refractivity contribution in [3.05, 3.63) is 106 Å². The molecule has 3 aromatic rings. The molecule has 0 bridgehead atoms. The summed E-state index contributed by atoms with van der Waals surface area (Å²) in [6.07, 6.45) is 0.817. The van der Waals surface area contributed by atoms with E-state index >= 15 is 0 Å². The SMILES string of the molecule is CNC(=O)C(C(=O)NO)N(C)C(=O)c1ccc(C#Cc2ccc(CNCCc3ccc(F)cc3)cc2)cc1. The lowest BCUT2D eigenvalue weighted by atomic mass is 10.1. The highest BCUT2D eigenvalue weighted by Gasteiger charge is 2.33. The first-order valence-corrected chi connectivity index (χ1v) is 11.9.